The molecule has 2 heterocycles. The van der Waals surface area contributed by atoms with E-state index in [2.05, 4.69) is 14.7 Å². The molecule has 0 radical (unpaired) electrons. The largest absolute Gasteiger partial charge is 0.478 e. The minimum atomic E-state index is -3.92. The highest BCUT2D eigenvalue weighted by atomic mass is 35.5. The molecule has 0 aromatic carbocycles. The van der Waals surface area contributed by atoms with Gasteiger partial charge in [0.2, 0.25) is 0 Å². The Bertz CT molecular complexity index is 791. The van der Waals surface area contributed by atoms with E-state index < -0.39 is 16.0 Å². The van der Waals surface area contributed by atoms with Crippen LogP contribution in [0.5, 0.6) is 0 Å². The zero-order valence-electron chi connectivity index (χ0n) is 10.7. The molecule has 7 nitrogen and oxygen atoms in total. The normalized spacial score (nSPS) is 11.1. The van der Waals surface area contributed by atoms with Crippen molar-refractivity contribution in [2.24, 2.45) is 0 Å². The molecule has 0 amide bonds. The molecule has 0 aliphatic heterocycles. The highest BCUT2D eigenvalue weighted by Crippen LogP contribution is 2.19. The van der Waals surface area contributed by atoms with Crippen LogP contribution in [0.15, 0.2) is 35.6 Å². The van der Waals surface area contributed by atoms with E-state index in [1.807, 2.05) is 0 Å². The average Bonchev–Trinajstić information content (AvgIpc) is 2.43. The highest BCUT2D eigenvalue weighted by molar-refractivity contribution is 7.92. The van der Waals surface area contributed by atoms with Gasteiger partial charge in [-0.3, -0.25) is 4.72 Å². The van der Waals surface area contributed by atoms with E-state index in [9.17, 15) is 13.2 Å². The zero-order chi connectivity index (χ0) is 15.6. The minimum absolute atomic E-state index is 0.0991. The first-order valence-electron chi connectivity index (χ1n) is 5.64. The molecule has 0 aliphatic rings. The summed E-state index contributed by atoms with van der Waals surface area (Å²) >= 11 is 5.76. The number of nitrogens with one attached hydrogen (secondary N) is 1. The number of rotatable bonds is 4. The summed E-state index contributed by atoms with van der Waals surface area (Å²) < 4.78 is 26.5. The molecule has 0 atom stereocenters. The third kappa shape index (κ3) is 3.47. The Morgan fingerprint density at radius 3 is 2.52 bits per heavy atom. The van der Waals surface area contributed by atoms with Gasteiger partial charge in [0.15, 0.2) is 5.03 Å². The third-order valence-electron chi connectivity index (χ3n) is 2.53. The molecular weight excluding hydrogens is 318 g/mol. The molecule has 0 spiro atoms. The SMILES string of the molecule is Cc1cc(NS(=O)(=O)c2ccc(C(=O)O)cn2)cnc1Cl. The zero-order valence-corrected chi connectivity index (χ0v) is 12.3. The molecule has 0 unspecified atom stereocenters. The minimum Gasteiger partial charge on any atom is -0.478 e. The van der Waals surface area contributed by atoms with E-state index in [1.54, 1.807) is 6.92 Å². The Morgan fingerprint density at radius 1 is 1.29 bits per heavy atom. The number of pyridine rings is 2. The Kier molecular flexibility index (Phi) is 4.10. The molecule has 0 saturated carbocycles. The fraction of sp³-hybridized carbons (Fsp3) is 0.0833. The lowest BCUT2D eigenvalue weighted by Crippen LogP contribution is -2.15. The van der Waals surface area contributed by atoms with Gasteiger partial charge in [-0.05, 0) is 30.7 Å². The van der Waals surface area contributed by atoms with Crippen LogP contribution in [0.1, 0.15) is 15.9 Å². The number of anilines is 1. The molecule has 110 valence electrons. The van der Waals surface area contributed by atoms with Gasteiger partial charge in [-0.15, -0.1) is 0 Å². The van der Waals surface area contributed by atoms with Crippen molar-refractivity contribution in [1.82, 2.24) is 9.97 Å². The smallest absolute Gasteiger partial charge is 0.337 e. The monoisotopic (exact) mass is 327 g/mol. The maximum atomic E-state index is 12.1. The predicted molar refractivity (Wildman–Crippen MR) is 76.0 cm³/mol. The number of hydrogen-bond donors (Lipinski definition) is 2. The summed E-state index contributed by atoms with van der Waals surface area (Å²) in [4.78, 5) is 18.2. The van der Waals surface area contributed by atoms with E-state index >= 15 is 0 Å². The van der Waals surface area contributed by atoms with Crippen LogP contribution in [0, 0.1) is 6.92 Å². The second kappa shape index (κ2) is 5.66. The lowest BCUT2D eigenvalue weighted by molar-refractivity contribution is 0.0696. The molecule has 2 N–H and O–H groups in total. The molecule has 2 aromatic heterocycles. The van der Waals surface area contributed by atoms with Crippen LogP contribution in [0.2, 0.25) is 5.15 Å². The first kappa shape index (κ1) is 15.2. The van der Waals surface area contributed by atoms with Crippen LogP contribution in [0.25, 0.3) is 0 Å². The van der Waals surface area contributed by atoms with Gasteiger partial charge in [0.25, 0.3) is 10.0 Å². The van der Waals surface area contributed by atoms with Gasteiger partial charge < -0.3 is 5.11 Å². The lowest BCUT2D eigenvalue weighted by atomic mass is 10.3. The summed E-state index contributed by atoms with van der Waals surface area (Å²) in [5.41, 5.74) is 0.755. The fourth-order valence-corrected chi connectivity index (χ4v) is 2.56. The quantitative estimate of drug-likeness (QED) is 0.830. The summed E-state index contributed by atoms with van der Waals surface area (Å²) in [6, 6.07) is 3.80. The second-order valence-corrected chi connectivity index (χ2v) is 6.11. The van der Waals surface area contributed by atoms with Crippen molar-refractivity contribution in [3.05, 3.63) is 46.9 Å². The van der Waals surface area contributed by atoms with Crippen molar-refractivity contribution in [1.29, 1.82) is 0 Å². The van der Waals surface area contributed by atoms with Gasteiger partial charge in [-0.25, -0.2) is 14.8 Å². The van der Waals surface area contributed by atoms with Gasteiger partial charge in [-0.1, -0.05) is 11.6 Å². The third-order valence-corrected chi connectivity index (χ3v) is 4.22. The van der Waals surface area contributed by atoms with Crippen molar-refractivity contribution in [3.8, 4) is 0 Å². The molecule has 0 aliphatic carbocycles. The highest BCUT2D eigenvalue weighted by Gasteiger charge is 2.17. The molecule has 2 rings (SSSR count). The van der Waals surface area contributed by atoms with E-state index in [0.29, 0.717) is 5.56 Å². The van der Waals surface area contributed by atoms with Crippen LogP contribution >= 0.6 is 11.6 Å². The molecule has 2 aromatic rings. The lowest BCUT2D eigenvalue weighted by Gasteiger charge is -2.08. The first-order valence-corrected chi connectivity index (χ1v) is 7.50. The number of aromatic nitrogens is 2. The number of halogens is 1. The number of carboxylic acid groups (broad SMARTS) is 1. The maximum absolute atomic E-state index is 12.1. The second-order valence-electron chi connectivity index (χ2n) is 4.13. The molecule has 0 fully saturated rings. The van der Waals surface area contributed by atoms with Crippen LogP contribution in [0.4, 0.5) is 5.69 Å². The van der Waals surface area contributed by atoms with Gasteiger partial charge in [0.05, 0.1) is 17.4 Å². The van der Waals surface area contributed by atoms with Crippen molar-refractivity contribution in [2.45, 2.75) is 11.9 Å². The standard InChI is InChI=1S/C12H10ClN3O4S/c1-7-4-9(6-15-11(7)13)16-21(19,20)10-3-2-8(5-14-10)12(17)18/h2-6,16H,1H3,(H,17,18). The van der Waals surface area contributed by atoms with Gasteiger partial charge >= 0.3 is 5.97 Å². The average molecular weight is 328 g/mol. The van der Waals surface area contributed by atoms with E-state index in [0.717, 1.165) is 18.3 Å². The Balaban J connectivity index is 2.29. The molecular formula is C12H10ClN3O4S. The first-order chi connectivity index (χ1) is 9.79. The van der Waals surface area contributed by atoms with E-state index in [1.165, 1.54) is 12.3 Å². The summed E-state index contributed by atoms with van der Waals surface area (Å²) in [6.45, 7) is 1.69. The van der Waals surface area contributed by atoms with Crippen LogP contribution in [-0.2, 0) is 10.0 Å². The summed E-state index contributed by atoms with van der Waals surface area (Å²) in [5.74, 6) is -1.18. The van der Waals surface area contributed by atoms with Crippen molar-refractivity contribution >= 4 is 33.3 Å². The number of carboxylic acids is 1. The van der Waals surface area contributed by atoms with Crippen LogP contribution in [-0.4, -0.2) is 29.5 Å². The van der Waals surface area contributed by atoms with Gasteiger partial charge in [0.1, 0.15) is 5.15 Å². The van der Waals surface area contributed by atoms with Crippen molar-refractivity contribution in [3.63, 3.8) is 0 Å². The van der Waals surface area contributed by atoms with Gasteiger partial charge in [0, 0.05) is 6.20 Å². The fourth-order valence-electron chi connectivity index (χ4n) is 1.49. The van der Waals surface area contributed by atoms with E-state index in [4.69, 9.17) is 16.7 Å². The topological polar surface area (TPSA) is 109 Å². The summed E-state index contributed by atoms with van der Waals surface area (Å²) in [6.07, 6.45) is 2.25. The number of carbonyl (C=O) groups is 1. The summed E-state index contributed by atoms with van der Waals surface area (Å²) in [5, 5.41) is 8.73. The molecule has 21 heavy (non-hydrogen) atoms. The Hall–Kier alpha value is -2.19. The van der Waals surface area contributed by atoms with Gasteiger partial charge in [-0.2, -0.15) is 8.42 Å². The van der Waals surface area contributed by atoms with E-state index in [-0.39, 0.29) is 21.4 Å². The molecule has 0 saturated heterocycles. The molecule has 9 heteroatoms. The maximum Gasteiger partial charge on any atom is 0.337 e. The Morgan fingerprint density at radius 2 is 2.00 bits per heavy atom. The number of hydrogen-bond acceptors (Lipinski definition) is 5. The number of nitrogens with zero attached hydrogens (tertiary/aromatic N) is 2. The predicted octanol–water partition coefficient (Wildman–Crippen LogP) is 1.94. The van der Waals surface area contributed by atoms with Crippen molar-refractivity contribution in [2.75, 3.05) is 4.72 Å². The summed E-state index contributed by atoms with van der Waals surface area (Å²) in [7, 11) is -3.92. The number of sulfonamides is 1. The molecule has 0 bridgehead atoms. The van der Waals surface area contributed by atoms with Crippen molar-refractivity contribution < 1.29 is 18.3 Å². The number of aryl methyl sites for hydroxylation is 1. The Labute approximate surface area is 125 Å². The van der Waals surface area contributed by atoms with Crippen LogP contribution in [0.3, 0.4) is 0 Å². The van der Waals surface area contributed by atoms with Crippen LogP contribution < -0.4 is 4.72 Å². The number of aromatic carboxylic acids is 1.